The number of amides is 1. The normalized spacial score (nSPS) is 18.7. The maximum atomic E-state index is 12.6. The van der Waals surface area contributed by atoms with Crippen LogP contribution < -0.4 is 4.90 Å². The van der Waals surface area contributed by atoms with Crippen molar-refractivity contribution in [2.45, 2.75) is 32.1 Å². The Hall–Kier alpha value is -2.62. The lowest BCUT2D eigenvalue weighted by atomic mass is 9.93. The van der Waals surface area contributed by atoms with Crippen LogP contribution in [0.5, 0.6) is 0 Å². The first-order valence-corrected chi connectivity index (χ1v) is 8.82. The third-order valence-corrected chi connectivity index (χ3v) is 5.15. The first kappa shape index (κ1) is 17.2. The molecule has 2 aliphatic rings. The van der Waals surface area contributed by atoms with Crippen LogP contribution in [-0.2, 0) is 4.79 Å². The molecule has 0 spiro atoms. The van der Waals surface area contributed by atoms with Crippen molar-refractivity contribution in [1.82, 2.24) is 4.90 Å². The summed E-state index contributed by atoms with van der Waals surface area (Å²) < 4.78 is 0. The van der Waals surface area contributed by atoms with E-state index in [1.54, 1.807) is 12.1 Å². The molecular formula is C18H22N4O3. The zero-order valence-electron chi connectivity index (χ0n) is 14.2. The molecule has 0 saturated carbocycles. The fourth-order valence-electron chi connectivity index (χ4n) is 3.75. The molecule has 1 amide bonds. The van der Waals surface area contributed by atoms with Crippen molar-refractivity contribution in [1.29, 1.82) is 5.26 Å². The summed E-state index contributed by atoms with van der Waals surface area (Å²) in [6.45, 7) is 2.97. The molecule has 2 fully saturated rings. The van der Waals surface area contributed by atoms with Crippen LogP contribution in [-0.4, -0.2) is 41.9 Å². The summed E-state index contributed by atoms with van der Waals surface area (Å²) in [7, 11) is 0. The molecule has 7 nitrogen and oxygen atoms in total. The lowest BCUT2D eigenvalue weighted by molar-refractivity contribution is -0.384. The van der Waals surface area contributed by atoms with Gasteiger partial charge in [-0.05, 0) is 44.2 Å². The van der Waals surface area contributed by atoms with E-state index in [4.69, 9.17) is 5.26 Å². The Bertz CT molecular complexity index is 699. The topological polar surface area (TPSA) is 90.5 Å². The van der Waals surface area contributed by atoms with Crippen molar-refractivity contribution >= 4 is 17.3 Å². The van der Waals surface area contributed by atoms with Crippen molar-refractivity contribution in [3.63, 3.8) is 0 Å². The Morgan fingerprint density at radius 3 is 2.44 bits per heavy atom. The minimum atomic E-state index is -0.443. The standard InChI is InChI=1S/C18H22N4O3/c19-13-14-4-5-16(17(12-14)22(24)25)20-10-6-15(7-11-20)18(23)21-8-2-1-3-9-21/h4-5,12,15H,1-3,6-11H2. The highest BCUT2D eigenvalue weighted by Gasteiger charge is 2.31. The number of anilines is 1. The number of nitrogens with zero attached hydrogens (tertiary/aromatic N) is 4. The number of piperidine rings is 2. The van der Waals surface area contributed by atoms with Gasteiger partial charge in [-0.15, -0.1) is 0 Å². The second kappa shape index (κ2) is 7.51. The number of hydrogen-bond donors (Lipinski definition) is 0. The van der Waals surface area contributed by atoms with Gasteiger partial charge in [0.1, 0.15) is 5.69 Å². The highest BCUT2D eigenvalue weighted by Crippen LogP contribution is 2.33. The quantitative estimate of drug-likeness (QED) is 0.622. The van der Waals surface area contributed by atoms with Gasteiger partial charge in [0.15, 0.2) is 0 Å². The lowest BCUT2D eigenvalue weighted by Crippen LogP contribution is -2.44. The number of hydrogen-bond acceptors (Lipinski definition) is 5. The Labute approximate surface area is 147 Å². The average molecular weight is 342 g/mol. The maximum absolute atomic E-state index is 12.6. The van der Waals surface area contributed by atoms with Crippen LogP contribution in [0.2, 0.25) is 0 Å². The zero-order chi connectivity index (χ0) is 17.8. The van der Waals surface area contributed by atoms with Gasteiger partial charge in [0.25, 0.3) is 5.69 Å². The molecule has 1 aromatic rings. The van der Waals surface area contributed by atoms with Gasteiger partial charge in [-0.1, -0.05) is 0 Å². The van der Waals surface area contributed by atoms with Crippen LogP contribution in [0.15, 0.2) is 18.2 Å². The molecule has 3 rings (SSSR count). The van der Waals surface area contributed by atoms with Crippen molar-refractivity contribution in [3.05, 3.63) is 33.9 Å². The van der Waals surface area contributed by atoms with Gasteiger partial charge >= 0.3 is 0 Å². The van der Waals surface area contributed by atoms with Crippen LogP contribution >= 0.6 is 0 Å². The number of nitro benzene ring substituents is 1. The molecule has 0 unspecified atom stereocenters. The molecule has 2 heterocycles. The second-order valence-corrected chi connectivity index (χ2v) is 6.72. The molecule has 132 valence electrons. The number of benzene rings is 1. The Morgan fingerprint density at radius 1 is 1.16 bits per heavy atom. The minimum absolute atomic E-state index is 0.0202. The van der Waals surface area contributed by atoms with Crippen molar-refractivity contribution in [2.24, 2.45) is 5.92 Å². The number of rotatable bonds is 3. The highest BCUT2D eigenvalue weighted by atomic mass is 16.6. The summed E-state index contributed by atoms with van der Waals surface area (Å²) >= 11 is 0. The monoisotopic (exact) mass is 342 g/mol. The molecule has 2 saturated heterocycles. The molecule has 0 N–H and O–H groups in total. The van der Waals surface area contributed by atoms with E-state index in [0.29, 0.717) is 31.6 Å². The van der Waals surface area contributed by atoms with Crippen LogP contribution in [0.3, 0.4) is 0 Å². The molecule has 0 aromatic heterocycles. The second-order valence-electron chi connectivity index (χ2n) is 6.72. The Morgan fingerprint density at radius 2 is 1.84 bits per heavy atom. The number of likely N-dealkylation sites (tertiary alicyclic amines) is 1. The molecule has 0 radical (unpaired) electrons. The fourth-order valence-corrected chi connectivity index (χ4v) is 3.75. The van der Waals surface area contributed by atoms with E-state index >= 15 is 0 Å². The van der Waals surface area contributed by atoms with Crippen LogP contribution in [0.1, 0.15) is 37.7 Å². The Kier molecular flexibility index (Phi) is 5.17. The molecule has 25 heavy (non-hydrogen) atoms. The summed E-state index contributed by atoms with van der Waals surface area (Å²) in [5.41, 5.74) is 0.776. The average Bonchev–Trinajstić information content (AvgIpc) is 2.67. The van der Waals surface area contributed by atoms with Gasteiger partial charge in [-0.25, -0.2) is 0 Å². The van der Waals surface area contributed by atoms with Gasteiger partial charge in [-0.2, -0.15) is 5.26 Å². The third kappa shape index (κ3) is 3.73. The van der Waals surface area contributed by atoms with E-state index in [9.17, 15) is 14.9 Å². The molecule has 7 heteroatoms. The summed E-state index contributed by atoms with van der Waals surface area (Å²) in [6.07, 6.45) is 4.80. The largest absolute Gasteiger partial charge is 0.366 e. The SMILES string of the molecule is N#Cc1ccc(N2CCC(C(=O)N3CCCCC3)CC2)c([N+](=O)[O-])c1. The third-order valence-electron chi connectivity index (χ3n) is 5.15. The number of nitriles is 1. The van der Waals surface area contributed by atoms with Gasteiger partial charge < -0.3 is 9.80 Å². The first-order valence-electron chi connectivity index (χ1n) is 8.82. The smallest absolute Gasteiger partial charge is 0.293 e. The molecule has 0 bridgehead atoms. The molecule has 0 atom stereocenters. The van der Waals surface area contributed by atoms with Crippen LogP contribution in [0.25, 0.3) is 0 Å². The predicted octanol–water partition coefficient (Wildman–Crippen LogP) is 2.70. The molecule has 0 aliphatic carbocycles. The summed E-state index contributed by atoms with van der Waals surface area (Å²) in [5.74, 6) is 0.264. The fraction of sp³-hybridized carbons (Fsp3) is 0.556. The predicted molar refractivity (Wildman–Crippen MR) is 93.2 cm³/mol. The number of nitro groups is 1. The number of carbonyl (C=O) groups excluding carboxylic acids is 1. The van der Waals surface area contributed by atoms with E-state index in [1.807, 2.05) is 15.9 Å². The van der Waals surface area contributed by atoms with E-state index in [0.717, 1.165) is 25.9 Å². The maximum Gasteiger partial charge on any atom is 0.293 e. The summed E-state index contributed by atoms with van der Waals surface area (Å²) in [4.78, 5) is 27.4. The zero-order valence-corrected chi connectivity index (χ0v) is 14.2. The minimum Gasteiger partial charge on any atom is -0.366 e. The van der Waals surface area contributed by atoms with Crippen molar-refractivity contribution in [2.75, 3.05) is 31.1 Å². The highest BCUT2D eigenvalue weighted by molar-refractivity contribution is 5.79. The number of carbonyl (C=O) groups is 1. The van der Waals surface area contributed by atoms with E-state index in [-0.39, 0.29) is 23.1 Å². The van der Waals surface area contributed by atoms with E-state index < -0.39 is 4.92 Å². The molecule has 2 aliphatic heterocycles. The molecular weight excluding hydrogens is 320 g/mol. The summed E-state index contributed by atoms with van der Waals surface area (Å²) in [6, 6.07) is 6.50. The van der Waals surface area contributed by atoms with Gasteiger partial charge in [0.2, 0.25) is 5.91 Å². The Balaban J connectivity index is 1.67. The lowest BCUT2D eigenvalue weighted by Gasteiger charge is -2.36. The summed E-state index contributed by atoms with van der Waals surface area (Å²) in [5, 5.41) is 20.3. The van der Waals surface area contributed by atoms with Gasteiger partial charge in [0.05, 0.1) is 16.6 Å². The molecule has 1 aromatic carbocycles. The van der Waals surface area contributed by atoms with E-state index in [2.05, 4.69) is 0 Å². The van der Waals surface area contributed by atoms with Crippen molar-refractivity contribution < 1.29 is 9.72 Å². The van der Waals surface area contributed by atoms with E-state index in [1.165, 1.54) is 12.5 Å². The van der Waals surface area contributed by atoms with Crippen molar-refractivity contribution in [3.8, 4) is 6.07 Å². The first-order chi connectivity index (χ1) is 12.1. The van der Waals surface area contributed by atoms with Crippen LogP contribution in [0, 0.1) is 27.4 Å². The van der Waals surface area contributed by atoms with Crippen LogP contribution in [0.4, 0.5) is 11.4 Å². The van der Waals surface area contributed by atoms with Gasteiger partial charge in [0, 0.05) is 38.2 Å². The van der Waals surface area contributed by atoms with Gasteiger partial charge in [-0.3, -0.25) is 14.9 Å².